The number of nitrogens with two attached hydrogens (primary N) is 2. The molecule has 0 bridgehead atoms. The number of aliphatic imine (C=N–C) groups is 2. The lowest BCUT2D eigenvalue weighted by Crippen LogP contribution is -2.32. The third-order valence-electron chi connectivity index (χ3n) is 2.76. The van der Waals surface area contributed by atoms with E-state index in [0.717, 1.165) is 12.0 Å². The van der Waals surface area contributed by atoms with Crippen molar-refractivity contribution in [1.29, 1.82) is 0 Å². The van der Waals surface area contributed by atoms with E-state index in [1.54, 1.807) is 19.3 Å². The number of ether oxygens (including phenoxy) is 1. The Bertz CT molecular complexity index is 662. The number of rotatable bonds is 7. The molecule has 0 aliphatic rings. The number of allylic oxidation sites excluding steroid dienone is 3. The van der Waals surface area contributed by atoms with Gasteiger partial charge in [-0.3, -0.25) is 0 Å². The molecular formula is C17H22ClN5O. The summed E-state index contributed by atoms with van der Waals surface area (Å²) >= 11 is 5.61. The lowest BCUT2D eigenvalue weighted by Gasteiger charge is -2.04. The Kier molecular flexibility index (Phi) is 8.32. The molecule has 1 aromatic carbocycles. The number of nitrogens with one attached hydrogen (secondary N) is 1. The van der Waals surface area contributed by atoms with Crippen LogP contribution in [0.2, 0.25) is 0 Å². The maximum Gasteiger partial charge on any atom is 0.223 e. The quantitative estimate of drug-likeness (QED) is 0.401. The molecule has 0 amide bonds. The predicted molar refractivity (Wildman–Crippen MR) is 101 cm³/mol. The third kappa shape index (κ3) is 8.17. The van der Waals surface area contributed by atoms with Gasteiger partial charge in [-0.15, -0.1) is 0 Å². The van der Waals surface area contributed by atoms with Gasteiger partial charge in [-0.25, -0.2) is 4.99 Å². The van der Waals surface area contributed by atoms with Crippen LogP contribution in [-0.4, -0.2) is 25.6 Å². The summed E-state index contributed by atoms with van der Waals surface area (Å²) in [5.74, 6) is 0.103. The summed E-state index contributed by atoms with van der Waals surface area (Å²) in [4.78, 5) is 8.13. The minimum absolute atomic E-state index is 0.0307. The summed E-state index contributed by atoms with van der Waals surface area (Å²) in [6, 6.07) is 7.62. The fourth-order valence-electron chi connectivity index (χ4n) is 1.66. The highest BCUT2D eigenvalue weighted by Crippen LogP contribution is 2.13. The summed E-state index contributed by atoms with van der Waals surface area (Å²) < 4.78 is 5.04. The first-order valence-electron chi connectivity index (χ1n) is 7.15. The number of guanidine groups is 2. The largest absolute Gasteiger partial charge is 0.384 e. The van der Waals surface area contributed by atoms with Crippen LogP contribution >= 0.6 is 11.6 Å². The fraction of sp³-hybridized carbons (Fsp3) is 0.176. The van der Waals surface area contributed by atoms with E-state index in [-0.39, 0.29) is 11.9 Å². The number of methoxy groups -OCH3 is 1. The monoisotopic (exact) mass is 347 g/mol. The van der Waals surface area contributed by atoms with Crippen LogP contribution in [0.4, 0.5) is 5.69 Å². The summed E-state index contributed by atoms with van der Waals surface area (Å²) in [6.45, 7) is 7.94. The SMILES string of the molecule is C=C(Cl)/C=C\C(=C)N/C(N)=N/C(N)=Nc1ccc(CCOC)cc1. The van der Waals surface area contributed by atoms with Crippen molar-refractivity contribution < 1.29 is 4.74 Å². The highest BCUT2D eigenvalue weighted by atomic mass is 35.5. The lowest BCUT2D eigenvalue weighted by atomic mass is 10.1. The van der Waals surface area contributed by atoms with Gasteiger partial charge in [-0.05, 0) is 36.3 Å². The number of hydrogen-bond acceptors (Lipinski definition) is 2. The zero-order valence-electron chi connectivity index (χ0n) is 13.6. The minimum Gasteiger partial charge on any atom is -0.384 e. The van der Waals surface area contributed by atoms with Crippen molar-refractivity contribution in [3.05, 3.63) is 65.9 Å². The fourth-order valence-corrected chi connectivity index (χ4v) is 1.73. The van der Waals surface area contributed by atoms with Crippen LogP contribution in [0, 0.1) is 0 Å². The molecule has 24 heavy (non-hydrogen) atoms. The van der Waals surface area contributed by atoms with Gasteiger partial charge in [-0.1, -0.05) is 36.9 Å². The van der Waals surface area contributed by atoms with Crippen LogP contribution in [0.3, 0.4) is 0 Å². The summed E-state index contributed by atoms with van der Waals surface area (Å²) in [5.41, 5.74) is 13.8. The van der Waals surface area contributed by atoms with Crippen molar-refractivity contribution in [2.45, 2.75) is 6.42 Å². The van der Waals surface area contributed by atoms with Gasteiger partial charge in [0.05, 0.1) is 12.3 Å². The normalized spacial score (nSPS) is 12.4. The van der Waals surface area contributed by atoms with Crippen molar-refractivity contribution >= 4 is 29.2 Å². The van der Waals surface area contributed by atoms with E-state index in [9.17, 15) is 0 Å². The van der Waals surface area contributed by atoms with E-state index < -0.39 is 0 Å². The van der Waals surface area contributed by atoms with E-state index >= 15 is 0 Å². The molecule has 0 unspecified atom stereocenters. The lowest BCUT2D eigenvalue weighted by molar-refractivity contribution is 0.202. The van der Waals surface area contributed by atoms with Crippen molar-refractivity contribution in [3.63, 3.8) is 0 Å². The molecule has 0 aromatic heterocycles. The average Bonchev–Trinajstić information content (AvgIpc) is 2.52. The molecule has 0 spiro atoms. The van der Waals surface area contributed by atoms with E-state index in [4.69, 9.17) is 27.8 Å². The number of halogens is 1. The Morgan fingerprint density at radius 1 is 1.25 bits per heavy atom. The topological polar surface area (TPSA) is 98.0 Å². The molecule has 7 heteroatoms. The molecule has 0 saturated carbocycles. The van der Waals surface area contributed by atoms with Crippen molar-refractivity contribution in [2.24, 2.45) is 21.5 Å². The van der Waals surface area contributed by atoms with Crippen molar-refractivity contribution in [1.82, 2.24) is 5.32 Å². The van der Waals surface area contributed by atoms with Crippen LogP contribution in [0.15, 0.2) is 70.3 Å². The van der Waals surface area contributed by atoms with E-state index in [0.29, 0.717) is 23.0 Å². The Morgan fingerprint density at radius 2 is 1.92 bits per heavy atom. The summed E-state index contributed by atoms with van der Waals surface area (Å²) in [7, 11) is 1.67. The van der Waals surface area contributed by atoms with Gasteiger partial charge in [0, 0.05) is 17.8 Å². The molecule has 6 nitrogen and oxygen atoms in total. The molecule has 0 saturated heterocycles. The Balaban J connectivity index is 2.67. The molecular weight excluding hydrogens is 326 g/mol. The number of hydrogen-bond donors (Lipinski definition) is 3. The van der Waals surface area contributed by atoms with Crippen LogP contribution in [0.25, 0.3) is 0 Å². The van der Waals surface area contributed by atoms with Gasteiger partial charge in [0.15, 0.2) is 0 Å². The molecule has 0 atom stereocenters. The second-order valence-electron chi connectivity index (χ2n) is 4.81. The van der Waals surface area contributed by atoms with Crippen LogP contribution in [-0.2, 0) is 11.2 Å². The van der Waals surface area contributed by atoms with Gasteiger partial charge < -0.3 is 21.5 Å². The first-order chi connectivity index (χ1) is 11.4. The van der Waals surface area contributed by atoms with Gasteiger partial charge in [-0.2, -0.15) is 4.99 Å². The number of nitrogens with zero attached hydrogens (tertiary/aromatic N) is 2. The highest BCUT2D eigenvalue weighted by Gasteiger charge is 1.98. The molecule has 5 N–H and O–H groups in total. The Labute approximate surface area is 147 Å². The predicted octanol–water partition coefficient (Wildman–Crippen LogP) is 2.55. The van der Waals surface area contributed by atoms with Gasteiger partial charge in [0.1, 0.15) is 0 Å². The molecule has 1 rings (SSSR count). The number of benzene rings is 1. The highest BCUT2D eigenvalue weighted by molar-refractivity contribution is 6.30. The van der Waals surface area contributed by atoms with Crippen molar-refractivity contribution in [3.8, 4) is 0 Å². The smallest absolute Gasteiger partial charge is 0.223 e. The summed E-state index contributed by atoms with van der Waals surface area (Å²) in [5, 5.41) is 3.13. The van der Waals surface area contributed by atoms with E-state index in [1.807, 2.05) is 24.3 Å². The Hall–Kier alpha value is -2.57. The molecule has 0 heterocycles. The molecule has 0 fully saturated rings. The molecule has 1 aromatic rings. The van der Waals surface area contributed by atoms with Crippen LogP contribution in [0.5, 0.6) is 0 Å². The standard InChI is InChI=1S/C17H22ClN5O/c1-12(18)4-5-13(2)21-16(19)23-17(20)22-15-8-6-14(7-9-15)10-11-24-3/h4-9H,1-2,10-11H2,3H3,(H5,19,20,21,22,23)/b5-4-. The Morgan fingerprint density at radius 3 is 2.50 bits per heavy atom. The second kappa shape index (κ2) is 10.3. The van der Waals surface area contributed by atoms with Gasteiger partial charge in [0.2, 0.25) is 11.9 Å². The molecule has 0 aliphatic carbocycles. The molecule has 0 radical (unpaired) electrons. The second-order valence-corrected chi connectivity index (χ2v) is 5.29. The van der Waals surface area contributed by atoms with Crippen molar-refractivity contribution in [2.75, 3.05) is 13.7 Å². The zero-order valence-corrected chi connectivity index (χ0v) is 14.4. The average molecular weight is 348 g/mol. The van der Waals surface area contributed by atoms with E-state index in [1.165, 1.54) is 0 Å². The molecule has 0 aliphatic heterocycles. The van der Waals surface area contributed by atoms with Crippen LogP contribution in [0.1, 0.15) is 5.56 Å². The first kappa shape index (κ1) is 19.5. The van der Waals surface area contributed by atoms with Gasteiger partial charge in [0.25, 0.3) is 0 Å². The molecule has 128 valence electrons. The maximum absolute atomic E-state index is 5.76. The van der Waals surface area contributed by atoms with E-state index in [2.05, 4.69) is 28.5 Å². The maximum atomic E-state index is 5.76. The zero-order chi connectivity index (χ0) is 17.9. The first-order valence-corrected chi connectivity index (χ1v) is 7.53. The third-order valence-corrected chi connectivity index (χ3v) is 2.89. The van der Waals surface area contributed by atoms with Gasteiger partial charge >= 0.3 is 0 Å². The van der Waals surface area contributed by atoms with Crippen LogP contribution < -0.4 is 16.8 Å². The summed E-state index contributed by atoms with van der Waals surface area (Å²) in [6.07, 6.45) is 4.03. The minimum atomic E-state index is 0.0307.